The largest absolute Gasteiger partial charge is 0.310 e. The van der Waals surface area contributed by atoms with Crippen LogP contribution in [0.3, 0.4) is 0 Å². The van der Waals surface area contributed by atoms with Crippen molar-refractivity contribution in [1.82, 2.24) is 22.6 Å². The highest BCUT2D eigenvalue weighted by Crippen LogP contribution is 2.18. The normalized spacial score (nSPS) is 16.6. The maximum atomic E-state index is 12.7. The van der Waals surface area contributed by atoms with Crippen LogP contribution in [-0.2, 0) is 16.9 Å². The van der Waals surface area contributed by atoms with Crippen molar-refractivity contribution in [3.63, 3.8) is 0 Å². The van der Waals surface area contributed by atoms with Crippen LogP contribution < -0.4 is 0 Å². The summed E-state index contributed by atoms with van der Waals surface area (Å²) in [4.78, 5) is 2.25. The Balaban J connectivity index is 1.67. The number of rotatable bonds is 7. The number of hydrogen-bond acceptors (Lipinski definition) is 4. The molecule has 0 atom stereocenters. The van der Waals surface area contributed by atoms with E-state index in [-0.39, 0.29) is 0 Å². The van der Waals surface area contributed by atoms with Gasteiger partial charge in [-0.1, -0.05) is 31.5 Å². The molecule has 3 rings (SSSR count). The van der Waals surface area contributed by atoms with Crippen LogP contribution in [0.4, 0.5) is 0 Å². The zero-order valence-corrected chi connectivity index (χ0v) is 19.3. The van der Waals surface area contributed by atoms with E-state index in [9.17, 15) is 8.42 Å². The molecule has 29 heavy (non-hydrogen) atoms. The van der Waals surface area contributed by atoms with Crippen molar-refractivity contribution in [2.45, 2.75) is 34.4 Å². The first-order chi connectivity index (χ1) is 13.8. The summed E-state index contributed by atoms with van der Waals surface area (Å²) >= 11 is 5.70. The molecule has 0 unspecified atom stereocenters. The Hall–Kier alpha value is -1.52. The molecule has 0 bridgehead atoms. The minimum absolute atomic E-state index is 0.500. The molecule has 9 heteroatoms. The minimum atomic E-state index is -3.36. The van der Waals surface area contributed by atoms with Gasteiger partial charge in [0.05, 0.1) is 12.4 Å². The molecule has 0 spiro atoms. The van der Waals surface area contributed by atoms with Crippen LogP contribution in [0.25, 0.3) is 5.69 Å². The third kappa shape index (κ3) is 4.64. The van der Waals surface area contributed by atoms with E-state index in [0.717, 1.165) is 10.5 Å². The third-order valence-corrected chi connectivity index (χ3v) is 8.12. The summed E-state index contributed by atoms with van der Waals surface area (Å²) in [5.74, 6) is 0. The van der Waals surface area contributed by atoms with Crippen molar-refractivity contribution in [3.05, 3.63) is 46.5 Å². The van der Waals surface area contributed by atoms with E-state index in [0.29, 0.717) is 45.9 Å². The average Bonchev–Trinajstić information content (AvgIpc) is 3.03. The van der Waals surface area contributed by atoms with Gasteiger partial charge in [-0.25, -0.2) is 0 Å². The minimum Gasteiger partial charge on any atom is -0.310 e. The molecule has 2 heterocycles. The van der Waals surface area contributed by atoms with Gasteiger partial charge >= 0.3 is 0 Å². The molecule has 1 aliphatic rings. The van der Waals surface area contributed by atoms with Crippen LogP contribution in [0.15, 0.2) is 30.6 Å². The first-order valence-electron chi connectivity index (χ1n) is 10.1. The number of hydrogen-bond donors (Lipinski definition) is 0. The van der Waals surface area contributed by atoms with Gasteiger partial charge in [-0.15, -0.1) is 0 Å². The highest BCUT2D eigenvalue weighted by Gasteiger charge is 2.30. The molecule has 0 amide bonds. The highest BCUT2D eigenvalue weighted by atomic mass is 32.2. The molecule has 1 saturated heterocycles. The van der Waals surface area contributed by atoms with Crippen molar-refractivity contribution in [2.24, 2.45) is 0 Å². The molecule has 2 aromatic rings. The Labute approximate surface area is 179 Å². The van der Waals surface area contributed by atoms with Gasteiger partial charge in [0.2, 0.25) is 0 Å². The highest BCUT2D eigenvalue weighted by molar-refractivity contribution is 7.86. The smallest absolute Gasteiger partial charge is 0.282 e. The zero-order chi connectivity index (χ0) is 21.2. The van der Waals surface area contributed by atoms with Crippen LogP contribution in [-0.4, -0.2) is 70.3 Å². The average molecular weight is 438 g/mol. The van der Waals surface area contributed by atoms with Gasteiger partial charge in [0, 0.05) is 51.7 Å². The lowest BCUT2D eigenvalue weighted by Gasteiger charge is -2.36. The molecule has 0 saturated carbocycles. The summed E-state index contributed by atoms with van der Waals surface area (Å²) in [7, 11) is -3.36. The maximum absolute atomic E-state index is 12.7. The van der Waals surface area contributed by atoms with Crippen LogP contribution in [0.1, 0.15) is 25.0 Å². The maximum Gasteiger partial charge on any atom is 0.282 e. The number of aromatic nitrogens is 2. The second-order valence-corrected chi connectivity index (χ2v) is 9.75. The van der Waals surface area contributed by atoms with E-state index in [1.165, 1.54) is 15.4 Å². The molecule has 1 aromatic heterocycles. The second-order valence-electron chi connectivity index (χ2n) is 7.46. The summed E-state index contributed by atoms with van der Waals surface area (Å²) < 4.78 is 33.3. The zero-order valence-electron chi connectivity index (χ0n) is 17.7. The molecule has 0 N–H and O–H groups in total. The van der Waals surface area contributed by atoms with Gasteiger partial charge in [-0.05, 0) is 37.7 Å². The Morgan fingerprint density at radius 1 is 1.03 bits per heavy atom. The molecule has 1 aromatic carbocycles. The predicted octanol–water partition coefficient (Wildman–Crippen LogP) is 2.79. The van der Waals surface area contributed by atoms with Crippen LogP contribution >= 0.6 is 12.2 Å². The lowest BCUT2D eigenvalue weighted by Crippen LogP contribution is -2.53. The summed E-state index contributed by atoms with van der Waals surface area (Å²) in [5.41, 5.74) is 3.51. The first kappa shape index (κ1) is 22.2. The van der Waals surface area contributed by atoms with Crippen LogP contribution in [0.5, 0.6) is 0 Å². The van der Waals surface area contributed by atoms with Crippen molar-refractivity contribution < 1.29 is 8.42 Å². The number of imidazole rings is 1. The second kappa shape index (κ2) is 9.09. The van der Waals surface area contributed by atoms with Crippen molar-refractivity contribution in [1.29, 1.82) is 0 Å². The fourth-order valence-corrected chi connectivity index (χ4v) is 5.69. The molecular formula is C20H31N5O2S2. The molecule has 1 aliphatic heterocycles. The summed E-state index contributed by atoms with van der Waals surface area (Å²) in [6, 6.07) is 6.35. The molecular weight excluding hydrogens is 406 g/mol. The fourth-order valence-electron chi connectivity index (χ4n) is 3.81. The van der Waals surface area contributed by atoms with Gasteiger partial charge in [-0.2, -0.15) is 17.0 Å². The Bertz CT molecular complexity index is 1000. The predicted molar refractivity (Wildman–Crippen MR) is 119 cm³/mol. The fraction of sp³-hybridized carbons (Fsp3) is 0.550. The summed E-state index contributed by atoms with van der Waals surface area (Å²) in [6.07, 6.45) is 4.00. The van der Waals surface area contributed by atoms with Crippen LogP contribution in [0, 0.1) is 18.6 Å². The number of piperazine rings is 1. The van der Waals surface area contributed by atoms with Crippen molar-refractivity contribution in [2.75, 3.05) is 39.3 Å². The molecule has 0 radical (unpaired) electrons. The van der Waals surface area contributed by atoms with Crippen molar-refractivity contribution >= 4 is 22.4 Å². The van der Waals surface area contributed by atoms with E-state index in [4.69, 9.17) is 12.2 Å². The number of nitrogens with zero attached hydrogens (tertiary/aromatic N) is 5. The van der Waals surface area contributed by atoms with E-state index in [2.05, 4.69) is 36.9 Å². The molecule has 7 nitrogen and oxygen atoms in total. The van der Waals surface area contributed by atoms with Gasteiger partial charge in [0.15, 0.2) is 4.77 Å². The topological polar surface area (TPSA) is 53.7 Å². The quantitative estimate of drug-likeness (QED) is 0.625. The monoisotopic (exact) mass is 437 g/mol. The van der Waals surface area contributed by atoms with Crippen LogP contribution in [0.2, 0.25) is 0 Å². The van der Waals surface area contributed by atoms with Gasteiger partial charge in [-0.3, -0.25) is 9.47 Å². The lowest BCUT2D eigenvalue weighted by molar-refractivity contribution is 0.147. The molecule has 0 aliphatic carbocycles. The number of benzene rings is 1. The lowest BCUT2D eigenvalue weighted by atomic mass is 10.1. The van der Waals surface area contributed by atoms with Gasteiger partial charge in [0.25, 0.3) is 10.2 Å². The molecule has 160 valence electrons. The summed E-state index contributed by atoms with van der Waals surface area (Å²) in [6.45, 7) is 12.0. The Morgan fingerprint density at radius 3 is 2.28 bits per heavy atom. The SMILES string of the molecule is CCN(CC)S(=O)(=O)N1CCN(Cn2ccn(-c3ccc(C)cc3C)c2=S)CC1. The van der Waals surface area contributed by atoms with E-state index < -0.39 is 10.2 Å². The standard InChI is InChI=1S/C20H31N5O2S2/c1-5-23(6-2)29(26,27)24-12-9-21(10-13-24)16-22-11-14-25(20(22)28)19-8-7-17(3)15-18(19)4/h7-8,11,14-15H,5-6,9-10,12-13,16H2,1-4H3. The Morgan fingerprint density at radius 2 is 1.69 bits per heavy atom. The van der Waals surface area contributed by atoms with Gasteiger partial charge < -0.3 is 4.57 Å². The first-order valence-corrected chi connectivity index (χ1v) is 11.9. The van der Waals surface area contributed by atoms with Crippen molar-refractivity contribution in [3.8, 4) is 5.69 Å². The molecule has 1 fully saturated rings. The van der Waals surface area contributed by atoms with Gasteiger partial charge in [0.1, 0.15) is 0 Å². The number of aryl methyl sites for hydroxylation is 2. The van der Waals surface area contributed by atoms with E-state index in [1.807, 2.05) is 35.4 Å². The van der Waals surface area contributed by atoms with E-state index in [1.54, 1.807) is 4.31 Å². The van der Waals surface area contributed by atoms with E-state index >= 15 is 0 Å². The third-order valence-electron chi connectivity index (χ3n) is 5.50. The summed E-state index contributed by atoms with van der Waals surface area (Å²) in [5, 5.41) is 0. The Kier molecular flexibility index (Phi) is 6.95.